The van der Waals surface area contributed by atoms with Crippen LogP contribution in [0.5, 0.6) is 0 Å². The van der Waals surface area contributed by atoms with Crippen LogP contribution in [0.1, 0.15) is 27.2 Å². The number of nitrogens with one attached hydrogen (secondary N) is 1. The Labute approximate surface area is 110 Å². The van der Waals surface area contributed by atoms with Crippen LogP contribution in [0.15, 0.2) is 0 Å². The summed E-state index contributed by atoms with van der Waals surface area (Å²) in [6, 6.07) is 0.718. The third-order valence-corrected chi connectivity index (χ3v) is 3.21. The number of hydrogen-bond donors (Lipinski definition) is 2. The second-order valence-electron chi connectivity index (χ2n) is 5.60. The number of nitrogens with zero attached hydrogens (tertiary/aromatic N) is 1. The number of nitrogens with two attached hydrogens (primary N) is 1. The first-order valence-corrected chi connectivity index (χ1v) is 6.82. The molecule has 106 valence electrons. The Morgan fingerprint density at radius 2 is 2.22 bits per heavy atom. The van der Waals surface area contributed by atoms with E-state index in [1.165, 1.54) is 0 Å². The van der Waals surface area contributed by atoms with Gasteiger partial charge in [0.15, 0.2) is 0 Å². The minimum atomic E-state index is -0.254. The lowest BCUT2D eigenvalue weighted by Crippen LogP contribution is -2.48. The van der Waals surface area contributed by atoms with E-state index in [1.54, 1.807) is 0 Å². The summed E-state index contributed by atoms with van der Waals surface area (Å²) in [5.74, 6) is 0.276. The standard InChI is InChI=1S/C13H27N3O2/c1-10(2)7-16(8-13(14)17)11(3)6-12-9-18-5-4-15-12/h10-12,15H,4-9H2,1-3H3,(H2,14,17). The van der Waals surface area contributed by atoms with Crippen LogP contribution < -0.4 is 11.1 Å². The molecule has 1 aliphatic rings. The minimum absolute atomic E-state index is 0.254. The van der Waals surface area contributed by atoms with Crippen molar-refractivity contribution < 1.29 is 9.53 Å². The summed E-state index contributed by atoms with van der Waals surface area (Å²) in [6.45, 7) is 10.2. The van der Waals surface area contributed by atoms with Gasteiger partial charge in [-0.05, 0) is 19.3 Å². The molecule has 0 bridgehead atoms. The smallest absolute Gasteiger partial charge is 0.231 e. The maximum absolute atomic E-state index is 11.1. The van der Waals surface area contributed by atoms with Gasteiger partial charge < -0.3 is 15.8 Å². The van der Waals surface area contributed by atoms with Gasteiger partial charge in [-0.3, -0.25) is 9.69 Å². The zero-order valence-electron chi connectivity index (χ0n) is 11.8. The summed E-state index contributed by atoms with van der Waals surface area (Å²) in [4.78, 5) is 13.3. The van der Waals surface area contributed by atoms with Gasteiger partial charge in [-0.25, -0.2) is 0 Å². The second-order valence-corrected chi connectivity index (χ2v) is 5.60. The highest BCUT2D eigenvalue weighted by atomic mass is 16.5. The van der Waals surface area contributed by atoms with E-state index in [4.69, 9.17) is 10.5 Å². The molecule has 0 aromatic heterocycles. The van der Waals surface area contributed by atoms with E-state index >= 15 is 0 Å². The van der Waals surface area contributed by atoms with Crippen molar-refractivity contribution in [2.24, 2.45) is 11.7 Å². The number of rotatable bonds is 7. The SMILES string of the molecule is CC(C)CN(CC(N)=O)C(C)CC1COCCN1. The van der Waals surface area contributed by atoms with E-state index in [0.29, 0.717) is 24.5 Å². The zero-order chi connectivity index (χ0) is 13.5. The third-order valence-electron chi connectivity index (χ3n) is 3.21. The van der Waals surface area contributed by atoms with Crippen LogP contribution in [-0.2, 0) is 9.53 Å². The van der Waals surface area contributed by atoms with E-state index in [0.717, 1.165) is 32.7 Å². The molecule has 3 N–H and O–H groups in total. The summed E-state index contributed by atoms with van der Waals surface area (Å²) in [7, 11) is 0. The van der Waals surface area contributed by atoms with Crippen LogP contribution in [0, 0.1) is 5.92 Å². The Kier molecular flexibility index (Phi) is 6.60. The van der Waals surface area contributed by atoms with Crippen LogP contribution in [0.3, 0.4) is 0 Å². The van der Waals surface area contributed by atoms with Crippen molar-refractivity contribution in [3.8, 4) is 0 Å². The van der Waals surface area contributed by atoms with E-state index in [-0.39, 0.29) is 5.91 Å². The Hall–Kier alpha value is -0.650. The average Bonchev–Trinajstić information content (AvgIpc) is 2.28. The molecule has 0 aromatic rings. The van der Waals surface area contributed by atoms with Crippen molar-refractivity contribution in [3.05, 3.63) is 0 Å². The highest BCUT2D eigenvalue weighted by Gasteiger charge is 2.22. The Morgan fingerprint density at radius 1 is 1.50 bits per heavy atom. The van der Waals surface area contributed by atoms with Crippen LogP contribution in [0.2, 0.25) is 0 Å². The summed E-state index contributed by atoms with van der Waals surface area (Å²) >= 11 is 0. The average molecular weight is 257 g/mol. The van der Waals surface area contributed by atoms with Gasteiger partial charge in [-0.1, -0.05) is 13.8 Å². The van der Waals surface area contributed by atoms with Gasteiger partial charge in [0.05, 0.1) is 19.8 Å². The second kappa shape index (κ2) is 7.71. The quantitative estimate of drug-likeness (QED) is 0.683. The molecule has 1 aliphatic heterocycles. The highest BCUT2D eigenvalue weighted by molar-refractivity contribution is 5.75. The normalized spacial score (nSPS) is 22.4. The molecule has 0 radical (unpaired) electrons. The molecule has 1 fully saturated rings. The molecule has 5 heteroatoms. The molecule has 2 unspecified atom stereocenters. The van der Waals surface area contributed by atoms with Gasteiger partial charge in [0.25, 0.3) is 0 Å². The predicted octanol–water partition coefficient (Wildman–Crippen LogP) is 0.197. The Bertz CT molecular complexity index is 253. The predicted molar refractivity (Wildman–Crippen MR) is 72.3 cm³/mol. The van der Waals surface area contributed by atoms with Crippen molar-refractivity contribution in [3.63, 3.8) is 0 Å². The molecular formula is C13H27N3O2. The van der Waals surface area contributed by atoms with Gasteiger partial charge in [0.2, 0.25) is 5.91 Å². The van der Waals surface area contributed by atoms with Gasteiger partial charge >= 0.3 is 0 Å². The maximum atomic E-state index is 11.1. The molecule has 0 saturated carbocycles. The number of hydrogen-bond acceptors (Lipinski definition) is 4. The number of carbonyl (C=O) groups is 1. The van der Waals surface area contributed by atoms with Crippen molar-refractivity contribution in [2.75, 3.05) is 32.8 Å². The molecule has 1 saturated heterocycles. The van der Waals surface area contributed by atoms with Crippen LogP contribution in [0.25, 0.3) is 0 Å². The summed E-state index contributed by atoms with van der Waals surface area (Å²) in [6.07, 6.45) is 0.986. The van der Waals surface area contributed by atoms with Crippen molar-refractivity contribution in [1.82, 2.24) is 10.2 Å². The first kappa shape index (κ1) is 15.4. The van der Waals surface area contributed by atoms with Crippen LogP contribution >= 0.6 is 0 Å². The maximum Gasteiger partial charge on any atom is 0.231 e. The van der Waals surface area contributed by atoms with Gasteiger partial charge in [0.1, 0.15) is 0 Å². The third kappa shape index (κ3) is 5.80. The van der Waals surface area contributed by atoms with Gasteiger partial charge in [-0.2, -0.15) is 0 Å². The fourth-order valence-corrected chi connectivity index (χ4v) is 2.40. The largest absolute Gasteiger partial charge is 0.379 e. The molecule has 18 heavy (non-hydrogen) atoms. The van der Waals surface area contributed by atoms with Gasteiger partial charge in [-0.15, -0.1) is 0 Å². The molecule has 0 aliphatic carbocycles. The molecule has 1 heterocycles. The Balaban J connectivity index is 2.45. The molecule has 0 spiro atoms. The topological polar surface area (TPSA) is 67.6 Å². The Morgan fingerprint density at radius 3 is 2.72 bits per heavy atom. The summed E-state index contributed by atoms with van der Waals surface area (Å²) in [5.41, 5.74) is 5.32. The van der Waals surface area contributed by atoms with E-state index in [1.807, 2.05) is 0 Å². The number of morpholine rings is 1. The van der Waals surface area contributed by atoms with E-state index in [9.17, 15) is 4.79 Å². The first-order chi connectivity index (χ1) is 8.49. The minimum Gasteiger partial charge on any atom is -0.379 e. The summed E-state index contributed by atoms with van der Waals surface area (Å²) in [5, 5.41) is 3.44. The highest BCUT2D eigenvalue weighted by Crippen LogP contribution is 2.11. The van der Waals surface area contributed by atoms with E-state index < -0.39 is 0 Å². The van der Waals surface area contributed by atoms with E-state index in [2.05, 4.69) is 31.0 Å². The molecule has 1 rings (SSSR count). The molecular weight excluding hydrogens is 230 g/mol. The van der Waals surface area contributed by atoms with Crippen molar-refractivity contribution in [1.29, 1.82) is 0 Å². The first-order valence-electron chi connectivity index (χ1n) is 6.82. The lowest BCUT2D eigenvalue weighted by atomic mass is 10.1. The monoisotopic (exact) mass is 257 g/mol. The van der Waals surface area contributed by atoms with Gasteiger partial charge in [0, 0.05) is 25.2 Å². The molecule has 5 nitrogen and oxygen atoms in total. The number of primary amides is 1. The number of amides is 1. The van der Waals surface area contributed by atoms with Crippen LogP contribution in [0.4, 0.5) is 0 Å². The lowest BCUT2D eigenvalue weighted by Gasteiger charge is -2.33. The van der Waals surface area contributed by atoms with Crippen molar-refractivity contribution in [2.45, 2.75) is 39.3 Å². The zero-order valence-corrected chi connectivity index (χ0v) is 11.8. The number of carbonyl (C=O) groups excluding carboxylic acids is 1. The summed E-state index contributed by atoms with van der Waals surface area (Å²) < 4.78 is 5.45. The molecule has 2 atom stereocenters. The number of ether oxygens (including phenoxy) is 1. The fraction of sp³-hybridized carbons (Fsp3) is 0.923. The molecule has 1 amide bonds. The lowest BCUT2D eigenvalue weighted by molar-refractivity contribution is -0.119. The van der Waals surface area contributed by atoms with Crippen LogP contribution in [-0.4, -0.2) is 55.7 Å². The van der Waals surface area contributed by atoms with Crippen molar-refractivity contribution >= 4 is 5.91 Å². The fourth-order valence-electron chi connectivity index (χ4n) is 2.40. The molecule has 0 aromatic carbocycles.